The molecule has 0 saturated carbocycles. The van der Waals surface area contributed by atoms with Crippen molar-refractivity contribution in [1.29, 1.82) is 0 Å². The lowest BCUT2D eigenvalue weighted by molar-refractivity contribution is -0.139. The van der Waals surface area contributed by atoms with Crippen molar-refractivity contribution < 1.29 is 19.4 Å². The average Bonchev–Trinajstić information content (AvgIpc) is 2.95. The smallest absolute Gasteiger partial charge is 0.295 e. The Morgan fingerprint density at radius 3 is 2.57 bits per heavy atom. The Morgan fingerprint density at radius 1 is 1.25 bits per heavy atom. The third-order valence-electron chi connectivity index (χ3n) is 4.49. The number of aliphatic hydroxyl groups excluding tert-OH is 1. The van der Waals surface area contributed by atoms with Gasteiger partial charge in [-0.2, -0.15) is 0 Å². The maximum absolute atomic E-state index is 12.7. The Morgan fingerprint density at radius 2 is 1.96 bits per heavy atom. The van der Waals surface area contributed by atoms with Crippen LogP contribution in [-0.2, 0) is 9.59 Å². The van der Waals surface area contributed by atoms with E-state index in [9.17, 15) is 14.7 Å². The number of ether oxygens (including phenoxy) is 1. The molecule has 1 unspecified atom stereocenters. The van der Waals surface area contributed by atoms with Crippen LogP contribution in [0.2, 0.25) is 5.02 Å². The van der Waals surface area contributed by atoms with Gasteiger partial charge < -0.3 is 14.7 Å². The molecule has 1 aliphatic heterocycles. The highest BCUT2D eigenvalue weighted by atomic mass is 35.5. The first-order chi connectivity index (χ1) is 13.5. The van der Waals surface area contributed by atoms with E-state index in [-0.39, 0.29) is 17.9 Å². The summed E-state index contributed by atoms with van der Waals surface area (Å²) >= 11 is 6.22. The Bertz CT molecular complexity index is 952. The van der Waals surface area contributed by atoms with Crippen LogP contribution in [-0.4, -0.2) is 34.8 Å². The van der Waals surface area contributed by atoms with Gasteiger partial charge in [-0.25, -0.2) is 0 Å². The number of hydrogen-bond donors (Lipinski definition) is 1. The Labute approximate surface area is 168 Å². The number of rotatable bonds is 6. The second-order valence-corrected chi connectivity index (χ2v) is 6.64. The summed E-state index contributed by atoms with van der Waals surface area (Å²) in [6.07, 6.45) is 1.55. The summed E-state index contributed by atoms with van der Waals surface area (Å²) in [6, 6.07) is 13.1. The zero-order chi connectivity index (χ0) is 20.3. The fraction of sp³-hybridized carbons (Fsp3) is 0.182. The minimum Gasteiger partial charge on any atom is -0.507 e. The molecule has 0 bridgehead atoms. The van der Waals surface area contributed by atoms with E-state index in [1.807, 2.05) is 37.3 Å². The van der Waals surface area contributed by atoms with E-state index >= 15 is 0 Å². The van der Waals surface area contributed by atoms with Crippen LogP contribution >= 0.6 is 11.6 Å². The van der Waals surface area contributed by atoms with Gasteiger partial charge >= 0.3 is 0 Å². The molecule has 1 N–H and O–H groups in total. The largest absolute Gasteiger partial charge is 0.507 e. The number of aliphatic hydroxyl groups is 1. The van der Waals surface area contributed by atoms with Gasteiger partial charge in [0.2, 0.25) is 0 Å². The second kappa shape index (κ2) is 8.31. The molecule has 0 aromatic heterocycles. The van der Waals surface area contributed by atoms with Gasteiger partial charge in [0.1, 0.15) is 11.5 Å². The predicted molar refractivity (Wildman–Crippen MR) is 108 cm³/mol. The number of likely N-dealkylation sites (tertiary alicyclic amines) is 1. The summed E-state index contributed by atoms with van der Waals surface area (Å²) in [4.78, 5) is 26.7. The summed E-state index contributed by atoms with van der Waals surface area (Å²) in [5.74, 6) is -1.21. The molecule has 1 aliphatic rings. The van der Waals surface area contributed by atoms with Crippen LogP contribution in [0.5, 0.6) is 5.75 Å². The Kier molecular flexibility index (Phi) is 5.85. The normalized spacial score (nSPS) is 18.4. The van der Waals surface area contributed by atoms with Crippen molar-refractivity contribution in [2.75, 3.05) is 13.2 Å². The fourth-order valence-electron chi connectivity index (χ4n) is 3.27. The van der Waals surface area contributed by atoms with Crippen molar-refractivity contribution in [2.24, 2.45) is 0 Å². The van der Waals surface area contributed by atoms with Gasteiger partial charge in [0.15, 0.2) is 0 Å². The first kappa shape index (κ1) is 19.7. The molecule has 1 saturated heterocycles. The maximum Gasteiger partial charge on any atom is 0.295 e. The van der Waals surface area contributed by atoms with Crippen LogP contribution in [0.15, 0.2) is 66.8 Å². The van der Waals surface area contributed by atoms with E-state index in [1.54, 1.807) is 18.2 Å². The van der Waals surface area contributed by atoms with E-state index in [2.05, 4.69) is 6.58 Å². The van der Waals surface area contributed by atoms with E-state index in [0.717, 1.165) is 5.56 Å². The van der Waals surface area contributed by atoms with E-state index in [4.69, 9.17) is 16.3 Å². The topological polar surface area (TPSA) is 66.8 Å². The predicted octanol–water partition coefficient (Wildman–Crippen LogP) is 4.35. The number of carbonyl (C=O) groups is 2. The molecule has 1 fully saturated rings. The molecule has 1 amide bonds. The molecule has 3 rings (SSSR count). The number of benzene rings is 2. The Balaban J connectivity index is 2.15. The molecule has 0 spiro atoms. The fourth-order valence-corrected chi connectivity index (χ4v) is 3.50. The first-order valence-corrected chi connectivity index (χ1v) is 9.24. The highest BCUT2D eigenvalue weighted by Gasteiger charge is 2.45. The lowest BCUT2D eigenvalue weighted by Crippen LogP contribution is -2.29. The second-order valence-electron chi connectivity index (χ2n) is 6.23. The SMILES string of the molecule is C=CCN1C(=O)C(=O)/C(=C(\O)c2ccc(OCC)c(Cl)c2)C1c1ccccc1. The molecular formula is C22H20ClNO4. The summed E-state index contributed by atoms with van der Waals surface area (Å²) in [5, 5.41) is 11.2. The van der Waals surface area contributed by atoms with Gasteiger partial charge in [0, 0.05) is 12.1 Å². The van der Waals surface area contributed by atoms with E-state index < -0.39 is 17.7 Å². The van der Waals surface area contributed by atoms with Crippen molar-refractivity contribution in [3.05, 3.63) is 82.9 Å². The third kappa shape index (κ3) is 3.53. The molecule has 6 heteroatoms. The Hall–Kier alpha value is -3.05. The summed E-state index contributed by atoms with van der Waals surface area (Å²) < 4.78 is 5.40. The number of amides is 1. The monoisotopic (exact) mass is 397 g/mol. The van der Waals surface area contributed by atoms with Gasteiger partial charge in [-0.3, -0.25) is 9.59 Å². The van der Waals surface area contributed by atoms with E-state index in [1.165, 1.54) is 11.0 Å². The van der Waals surface area contributed by atoms with Crippen LogP contribution in [0.1, 0.15) is 24.1 Å². The summed E-state index contributed by atoms with van der Waals surface area (Å²) in [7, 11) is 0. The molecule has 2 aromatic rings. The number of Topliss-reactive ketones (excluding diaryl/α,β-unsaturated/α-hetero) is 1. The lowest BCUT2D eigenvalue weighted by atomic mass is 9.95. The molecule has 1 atom stereocenters. The highest BCUT2D eigenvalue weighted by molar-refractivity contribution is 6.46. The molecule has 0 aliphatic carbocycles. The molecule has 5 nitrogen and oxygen atoms in total. The van der Waals surface area contributed by atoms with Crippen LogP contribution in [0.25, 0.3) is 5.76 Å². The summed E-state index contributed by atoms with van der Waals surface area (Å²) in [6.45, 7) is 6.14. The van der Waals surface area contributed by atoms with Crippen LogP contribution in [0.3, 0.4) is 0 Å². The molecule has 0 radical (unpaired) electrons. The van der Waals surface area contributed by atoms with Crippen LogP contribution < -0.4 is 4.74 Å². The minimum atomic E-state index is -0.738. The van der Waals surface area contributed by atoms with E-state index in [0.29, 0.717) is 22.9 Å². The highest BCUT2D eigenvalue weighted by Crippen LogP contribution is 2.40. The minimum absolute atomic E-state index is 0.0262. The number of ketones is 1. The maximum atomic E-state index is 12.7. The molecule has 1 heterocycles. The number of halogens is 1. The molecule has 144 valence electrons. The average molecular weight is 398 g/mol. The number of carbonyl (C=O) groups excluding carboxylic acids is 2. The summed E-state index contributed by atoms with van der Waals surface area (Å²) in [5.41, 5.74) is 1.09. The van der Waals surface area contributed by atoms with Gasteiger partial charge in [-0.1, -0.05) is 48.0 Å². The van der Waals surface area contributed by atoms with Gasteiger partial charge in [-0.05, 0) is 30.7 Å². The van der Waals surface area contributed by atoms with Crippen molar-refractivity contribution in [3.8, 4) is 5.75 Å². The van der Waals surface area contributed by atoms with Gasteiger partial charge in [0.25, 0.3) is 11.7 Å². The molecular weight excluding hydrogens is 378 g/mol. The van der Waals surface area contributed by atoms with Gasteiger partial charge in [0.05, 0.1) is 23.2 Å². The molecule has 2 aromatic carbocycles. The number of nitrogens with zero attached hydrogens (tertiary/aromatic N) is 1. The van der Waals surface area contributed by atoms with Crippen molar-refractivity contribution in [2.45, 2.75) is 13.0 Å². The van der Waals surface area contributed by atoms with Crippen LogP contribution in [0.4, 0.5) is 0 Å². The van der Waals surface area contributed by atoms with Gasteiger partial charge in [-0.15, -0.1) is 6.58 Å². The standard InChI is InChI=1S/C22H20ClNO4/c1-3-12-24-19(14-8-6-5-7-9-14)18(21(26)22(24)27)20(25)15-10-11-17(28-4-2)16(23)13-15/h3,5-11,13,19,25H,1,4,12H2,2H3/b20-18-. The van der Waals surface area contributed by atoms with Crippen molar-refractivity contribution >= 4 is 29.1 Å². The van der Waals surface area contributed by atoms with Crippen LogP contribution in [0, 0.1) is 0 Å². The first-order valence-electron chi connectivity index (χ1n) is 8.86. The van der Waals surface area contributed by atoms with Crippen molar-refractivity contribution in [3.63, 3.8) is 0 Å². The van der Waals surface area contributed by atoms with Crippen molar-refractivity contribution in [1.82, 2.24) is 4.90 Å². The third-order valence-corrected chi connectivity index (χ3v) is 4.78. The zero-order valence-corrected chi connectivity index (χ0v) is 16.1. The molecule has 28 heavy (non-hydrogen) atoms. The number of hydrogen-bond acceptors (Lipinski definition) is 4. The lowest BCUT2D eigenvalue weighted by Gasteiger charge is -2.24. The quantitative estimate of drug-likeness (QED) is 0.340. The zero-order valence-electron chi connectivity index (χ0n) is 15.4.